The van der Waals surface area contributed by atoms with Crippen molar-refractivity contribution in [3.05, 3.63) is 41.3 Å². The maximum atomic E-state index is 4.10. The zero-order chi connectivity index (χ0) is 24.7. The molecule has 1 radical (unpaired) electrons. The first-order valence-electron chi connectivity index (χ1n) is 15.7. The van der Waals surface area contributed by atoms with Gasteiger partial charge < -0.3 is 0 Å². The highest BCUT2D eigenvalue weighted by molar-refractivity contribution is 5.40. The minimum Gasteiger partial charge on any atom is -0.0654 e. The van der Waals surface area contributed by atoms with Gasteiger partial charge in [-0.25, -0.2) is 0 Å². The lowest BCUT2D eigenvalue weighted by molar-refractivity contribution is 0.592. The van der Waals surface area contributed by atoms with E-state index in [1.54, 1.807) is 22.3 Å². The van der Waals surface area contributed by atoms with E-state index in [1.807, 2.05) is 0 Å². The zero-order valence-electron chi connectivity index (χ0n) is 23.8. The summed E-state index contributed by atoms with van der Waals surface area (Å²) < 4.78 is 0. The van der Waals surface area contributed by atoms with Gasteiger partial charge in [0.2, 0.25) is 0 Å². The molecule has 0 aliphatic carbocycles. The lowest BCUT2D eigenvalue weighted by Crippen LogP contribution is -2.05. The van der Waals surface area contributed by atoms with Crippen LogP contribution in [0.1, 0.15) is 171 Å². The Morgan fingerprint density at radius 3 is 1.24 bits per heavy atom. The fourth-order valence-electron chi connectivity index (χ4n) is 5.38. The van der Waals surface area contributed by atoms with Crippen molar-refractivity contribution >= 4 is 0 Å². The van der Waals surface area contributed by atoms with Crippen molar-refractivity contribution in [2.45, 2.75) is 175 Å². The van der Waals surface area contributed by atoms with Gasteiger partial charge in [0, 0.05) is 0 Å². The zero-order valence-corrected chi connectivity index (χ0v) is 23.8. The number of rotatable bonds is 24. The first-order chi connectivity index (χ1) is 16.8. The van der Waals surface area contributed by atoms with Gasteiger partial charge in [-0.1, -0.05) is 143 Å². The highest BCUT2D eigenvalue weighted by atomic mass is 14.2. The molecule has 0 unspecified atom stereocenters. The third-order valence-corrected chi connectivity index (χ3v) is 7.59. The Kier molecular flexibility index (Phi) is 20.8. The summed E-state index contributed by atoms with van der Waals surface area (Å²) in [7, 11) is 0. The Morgan fingerprint density at radius 2 is 0.824 bits per heavy atom. The molecule has 34 heavy (non-hydrogen) atoms. The molecule has 0 aromatic heterocycles. The van der Waals surface area contributed by atoms with Crippen molar-refractivity contribution in [2.75, 3.05) is 0 Å². The second kappa shape index (κ2) is 22.7. The largest absolute Gasteiger partial charge is 0.0654 e. The van der Waals surface area contributed by atoms with Crippen LogP contribution in [0.2, 0.25) is 0 Å². The first-order valence-corrected chi connectivity index (χ1v) is 15.7. The van der Waals surface area contributed by atoms with Crippen molar-refractivity contribution in [1.29, 1.82) is 0 Å². The summed E-state index contributed by atoms with van der Waals surface area (Å²) in [6.07, 6.45) is 32.6. The molecule has 0 spiro atoms. The van der Waals surface area contributed by atoms with Gasteiger partial charge in [0.05, 0.1) is 0 Å². The predicted octanol–water partition coefficient (Wildman–Crippen LogP) is 11.6. The van der Waals surface area contributed by atoms with Crippen LogP contribution in [0, 0.1) is 6.92 Å². The maximum absolute atomic E-state index is 4.10. The average Bonchev–Trinajstić information content (AvgIpc) is 2.85. The van der Waals surface area contributed by atoms with Crippen LogP contribution in [0.3, 0.4) is 0 Å². The summed E-state index contributed by atoms with van der Waals surface area (Å²) in [6.45, 7) is 11.1. The fraction of sp³-hybridized carbons (Fsp3) is 0.794. The highest BCUT2D eigenvalue weighted by Gasteiger charge is 2.12. The molecule has 197 valence electrons. The van der Waals surface area contributed by atoms with E-state index in [4.69, 9.17) is 0 Å². The van der Waals surface area contributed by atoms with Crippen LogP contribution in [0.15, 0.2) is 12.1 Å². The third-order valence-electron chi connectivity index (χ3n) is 7.59. The Bertz CT molecular complexity index is 532. The molecule has 1 aromatic rings. The minimum absolute atomic E-state index is 1.05. The Labute approximate surface area is 216 Å². The Morgan fingerprint density at radius 1 is 0.441 bits per heavy atom. The van der Waals surface area contributed by atoms with Gasteiger partial charge in [-0.2, -0.15) is 0 Å². The molecule has 1 aromatic carbocycles. The van der Waals surface area contributed by atoms with Crippen LogP contribution in [-0.4, -0.2) is 0 Å². The molecule has 0 heterocycles. The van der Waals surface area contributed by atoms with E-state index < -0.39 is 0 Å². The predicted molar refractivity (Wildman–Crippen MR) is 156 cm³/mol. The summed E-state index contributed by atoms with van der Waals surface area (Å²) in [5.74, 6) is 0. The van der Waals surface area contributed by atoms with Gasteiger partial charge in [-0.05, 0) is 73.6 Å². The van der Waals surface area contributed by atoms with Crippen LogP contribution >= 0.6 is 0 Å². The minimum atomic E-state index is 1.05. The Balaban J connectivity index is 2.85. The second-order valence-electron chi connectivity index (χ2n) is 10.9. The van der Waals surface area contributed by atoms with Crippen LogP contribution in [0.25, 0.3) is 0 Å². The standard InChI is InChI=1S/C34H61/c1-5-9-13-16-19-22-26-32-29-31(25-12-8-4)30-33(27-23-20-17-14-10-6-2)34(32)28-24-21-18-15-11-7-3/h29-30H,4-28H2,1-3H3. The van der Waals surface area contributed by atoms with E-state index in [1.165, 1.54) is 148 Å². The van der Waals surface area contributed by atoms with Gasteiger partial charge in [0.1, 0.15) is 0 Å². The summed E-state index contributed by atoms with van der Waals surface area (Å²) in [5, 5.41) is 0. The van der Waals surface area contributed by atoms with Crippen molar-refractivity contribution < 1.29 is 0 Å². The van der Waals surface area contributed by atoms with E-state index in [-0.39, 0.29) is 0 Å². The van der Waals surface area contributed by atoms with Crippen LogP contribution in [0.5, 0.6) is 0 Å². The number of unbranched alkanes of at least 4 members (excludes halogenated alkanes) is 16. The monoisotopic (exact) mass is 469 g/mol. The van der Waals surface area contributed by atoms with Crippen molar-refractivity contribution in [1.82, 2.24) is 0 Å². The smallest absolute Gasteiger partial charge is 0.0273 e. The molecule has 0 aliphatic rings. The molecule has 0 aliphatic heterocycles. The van der Waals surface area contributed by atoms with Crippen molar-refractivity contribution in [3.8, 4) is 0 Å². The molecule has 0 amide bonds. The van der Waals surface area contributed by atoms with E-state index in [0.717, 1.165) is 6.42 Å². The highest BCUT2D eigenvalue weighted by Crippen LogP contribution is 2.26. The fourth-order valence-corrected chi connectivity index (χ4v) is 5.38. The average molecular weight is 470 g/mol. The number of hydrogen-bond donors (Lipinski definition) is 0. The van der Waals surface area contributed by atoms with Gasteiger partial charge >= 0.3 is 0 Å². The maximum Gasteiger partial charge on any atom is -0.0273 e. The van der Waals surface area contributed by atoms with Gasteiger partial charge in [-0.3, -0.25) is 0 Å². The van der Waals surface area contributed by atoms with Crippen molar-refractivity contribution in [3.63, 3.8) is 0 Å². The van der Waals surface area contributed by atoms with E-state index >= 15 is 0 Å². The SMILES string of the molecule is [CH2]CCCc1cc(CCCCCCCC)c(CCCCCCCC)c(CCCCCCCC)c1. The normalized spacial score (nSPS) is 11.4. The summed E-state index contributed by atoms with van der Waals surface area (Å²) in [5.41, 5.74) is 6.78. The van der Waals surface area contributed by atoms with Crippen LogP contribution < -0.4 is 0 Å². The lowest BCUT2D eigenvalue weighted by atomic mass is 9.87. The van der Waals surface area contributed by atoms with Gasteiger partial charge in [-0.15, -0.1) is 0 Å². The molecule has 0 saturated carbocycles. The summed E-state index contributed by atoms with van der Waals surface area (Å²) in [6, 6.07) is 5.22. The van der Waals surface area contributed by atoms with Crippen molar-refractivity contribution in [2.24, 2.45) is 0 Å². The summed E-state index contributed by atoms with van der Waals surface area (Å²) >= 11 is 0. The molecule has 0 fully saturated rings. The molecule has 0 nitrogen and oxygen atoms in total. The Hall–Kier alpha value is -0.780. The molecule has 0 heteroatoms. The number of benzene rings is 1. The summed E-state index contributed by atoms with van der Waals surface area (Å²) in [4.78, 5) is 0. The molecular weight excluding hydrogens is 408 g/mol. The number of hydrogen-bond acceptors (Lipinski definition) is 0. The van der Waals surface area contributed by atoms with Crippen LogP contribution in [0.4, 0.5) is 0 Å². The van der Waals surface area contributed by atoms with E-state index in [9.17, 15) is 0 Å². The molecule has 0 bridgehead atoms. The molecule has 0 atom stereocenters. The third kappa shape index (κ3) is 15.3. The van der Waals surface area contributed by atoms with E-state index in [2.05, 4.69) is 39.8 Å². The topological polar surface area (TPSA) is 0 Å². The van der Waals surface area contributed by atoms with Gasteiger partial charge in [0.25, 0.3) is 0 Å². The lowest BCUT2D eigenvalue weighted by Gasteiger charge is -2.18. The van der Waals surface area contributed by atoms with E-state index in [0.29, 0.717) is 0 Å². The van der Waals surface area contributed by atoms with Crippen LogP contribution in [-0.2, 0) is 25.7 Å². The first kappa shape index (κ1) is 31.3. The molecular formula is C34H61. The van der Waals surface area contributed by atoms with Gasteiger partial charge in [0.15, 0.2) is 0 Å². The molecule has 0 N–H and O–H groups in total. The molecule has 0 saturated heterocycles. The molecule has 1 rings (SSSR count). The second-order valence-corrected chi connectivity index (χ2v) is 10.9. The quantitative estimate of drug-likeness (QED) is 0.132. The number of aryl methyl sites for hydroxylation is 3.